The normalized spacial score (nSPS) is 14.7. The van der Waals surface area contributed by atoms with E-state index in [1.165, 1.54) is 48.8 Å². The zero-order valence-electron chi connectivity index (χ0n) is 12.9. The van der Waals surface area contributed by atoms with E-state index in [1.807, 2.05) is 0 Å². The minimum absolute atomic E-state index is 1.10. The van der Waals surface area contributed by atoms with E-state index in [4.69, 9.17) is 0 Å². The van der Waals surface area contributed by atoms with Crippen LogP contribution in [0.4, 0.5) is 0 Å². The molecule has 0 fully saturated rings. The second-order valence-electron chi connectivity index (χ2n) is 5.70. The molecule has 0 atom stereocenters. The smallest absolute Gasteiger partial charge is 0.00579 e. The molecule has 0 heterocycles. The van der Waals surface area contributed by atoms with Gasteiger partial charge in [-0.1, -0.05) is 80.3 Å². The van der Waals surface area contributed by atoms with Gasteiger partial charge in [0.25, 0.3) is 0 Å². The van der Waals surface area contributed by atoms with Crippen LogP contribution in [-0.2, 0) is 0 Å². The third kappa shape index (κ3) is 4.23. The second-order valence-corrected chi connectivity index (χ2v) is 5.70. The minimum atomic E-state index is 1.10. The Balaban J connectivity index is 2.03. The van der Waals surface area contributed by atoms with Gasteiger partial charge >= 0.3 is 0 Å². The molecule has 0 spiro atoms. The average molecular weight is 266 g/mol. The number of aryl methyl sites for hydroxylation is 1. The lowest BCUT2D eigenvalue weighted by Gasteiger charge is -2.12. The Kier molecular flexibility index (Phi) is 5.86. The van der Waals surface area contributed by atoms with Crippen molar-refractivity contribution in [3.63, 3.8) is 0 Å². The van der Waals surface area contributed by atoms with E-state index < -0.39 is 0 Å². The van der Waals surface area contributed by atoms with Gasteiger partial charge in [-0.15, -0.1) is 0 Å². The molecule has 1 aromatic rings. The molecule has 20 heavy (non-hydrogen) atoms. The van der Waals surface area contributed by atoms with Crippen LogP contribution in [0.5, 0.6) is 0 Å². The summed E-state index contributed by atoms with van der Waals surface area (Å²) in [7, 11) is 0. The highest BCUT2D eigenvalue weighted by atomic mass is 14.1. The van der Waals surface area contributed by atoms with Crippen LogP contribution in [0.1, 0.15) is 56.6 Å². The van der Waals surface area contributed by atoms with E-state index in [2.05, 4.69) is 62.4 Å². The SMILES string of the molecule is CCCCCCC1=CC=CC=C(c2ccccc2C)C1. The number of benzene rings is 1. The van der Waals surface area contributed by atoms with Crippen molar-refractivity contribution in [3.8, 4) is 0 Å². The topological polar surface area (TPSA) is 0 Å². The lowest BCUT2D eigenvalue weighted by Crippen LogP contribution is -1.92. The Morgan fingerprint density at radius 2 is 1.75 bits per heavy atom. The van der Waals surface area contributed by atoms with Crippen LogP contribution < -0.4 is 0 Å². The quantitative estimate of drug-likeness (QED) is 0.535. The molecule has 1 aliphatic rings. The van der Waals surface area contributed by atoms with Crippen LogP contribution in [-0.4, -0.2) is 0 Å². The molecule has 0 aromatic heterocycles. The summed E-state index contributed by atoms with van der Waals surface area (Å²) < 4.78 is 0. The van der Waals surface area contributed by atoms with Gasteiger partial charge in [0, 0.05) is 0 Å². The first kappa shape index (κ1) is 14.8. The van der Waals surface area contributed by atoms with Gasteiger partial charge in [-0.25, -0.2) is 0 Å². The summed E-state index contributed by atoms with van der Waals surface area (Å²) in [5.41, 5.74) is 5.81. The Bertz CT molecular complexity index is 515. The lowest BCUT2D eigenvalue weighted by molar-refractivity contribution is 0.661. The Morgan fingerprint density at radius 1 is 0.950 bits per heavy atom. The van der Waals surface area contributed by atoms with Crippen LogP contribution in [0, 0.1) is 6.92 Å². The highest BCUT2D eigenvalue weighted by molar-refractivity contribution is 5.72. The monoisotopic (exact) mass is 266 g/mol. The zero-order valence-corrected chi connectivity index (χ0v) is 12.9. The average Bonchev–Trinajstić information content (AvgIpc) is 2.70. The van der Waals surface area contributed by atoms with Crippen molar-refractivity contribution in [1.29, 1.82) is 0 Å². The molecule has 0 unspecified atom stereocenters. The summed E-state index contributed by atoms with van der Waals surface area (Å²) >= 11 is 0. The molecule has 0 nitrogen and oxygen atoms in total. The van der Waals surface area contributed by atoms with Gasteiger partial charge < -0.3 is 0 Å². The summed E-state index contributed by atoms with van der Waals surface area (Å²) in [6, 6.07) is 8.71. The summed E-state index contributed by atoms with van der Waals surface area (Å²) in [5.74, 6) is 0. The maximum absolute atomic E-state index is 2.31. The summed E-state index contributed by atoms with van der Waals surface area (Å²) in [6.07, 6.45) is 16.7. The number of unbranched alkanes of at least 4 members (excludes halogenated alkanes) is 3. The van der Waals surface area contributed by atoms with E-state index in [1.54, 1.807) is 5.57 Å². The molecule has 106 valence electrons. The number of hydrogen-bond donors (Lipinski definition) is 0. The van der Waals surface area contributed by atoms with Gasteiger partial charge in [-0.05, 0) is 42.9 Å². The summed E-state index contributed by atoms with van der Waals surface area (Å²) in [6.45, 7) is 4.47. The third-order valence-corrected chi connectivity index (χ3v) is 4.00. The van der Waals surface area contributed by atoms with E-state index in [-0.39, 0.29) is 0 Å². The molecule has 0 bridgehead atoms. The second kappa shape index (κ2) is 7.89. The first-order chi connectivity index (χ1) is 9.81. The number of allylic oxidation sites excluding steroid dienone is 6. The van der Waals surface area contributed by atoms with Crippen molar-refractivity contribution in [2.75, 3.05) is 0 Å². The van der Waals surface area contributed by atoms with Crippen LogP contribution in [0.3, 0.4) is 0 Å². The minimum Gasteiger partial charge on any atom is -0.0658 e. The van der Waals surface area contributed by atoms with Crippen molar-refractivity contribution in [3.05, 3.63) is 65.3 Å². The van der Waals surface area contributed by atoms with Crippen molar-refractivity contribution in [2.45, 2.75) is 52.4 Å². The van der Waals surface area contributed by atoms with E-state index >= 15 is 0 Å². The molecule has 0 heteroatoms. The molecule has 0 saturated heterocycles. The zero-order chi connectivity index (χ0) is 14.2. The standard InChI is InChI=1S/C20H26/c1-3-4-5-6-12-18-13-8-9-14-19(16-18)20-15-10-7-11-17(20)2/h7-11,13-15H,3-6,12,16H2,1-2H3. The van der Waals surface area contributed by atoms with Crippen molar-refractivity contribution in [2.24, 2.45) is 0 Å². The van der Waals surface area contributed by atoms with Crippen molar-refractivity contribution >= 4 is 5.57 Å². The Morgan fingerprint density at radius 3 is 2.55 bits per heavy atom. The molecule has 0 aliphatic heterocycles. The lowest BCUT2D eigenvalue weighted by atomic mass is 9.93. The van der Waals surface area contributed by atoms with E-state index in [0.29, 0.717) is 0 Å². The van der Waals surface area contributed by atoms with E-state index in [0.717, 1.165) is 6.42 Å². The number of rotatable bonds is 6. The van der Waals surface area contributed by atoms with Crippen LogP contribution in [0.2, 0.25) is 0 Å². The van der Waals surface area contributed by atoms with E-state index in [9.17, 15) is 0 Å². The first-order valence-electron chi connectivity index (χ1n) is 7.92. The molecular weight excluding hydrogens is 240 g/mol. The first-order valence-corrected chi connectivity index (χ1v) is 7.92. The molecule has 1 aromatic carbocycles. The fourth-order valence-electron chi connectivity index (χ4n) is 2.79. The maximum Gasteiger partial charge on any atom is -0.00579 e. The van der Waals surface area contributed by atoms with Gasteiger partial charge in [0.1, 0.15) is 0 Å². The predicted molar refractivity (Wildman–Crippen MR) is 89.8 cm³/mol. The summed E-state index contributed by atoms with van der Waals surface area (Å²) in [5, 5.41) is 0. The van der Waals surface area contributed by atoms with Crippen molar-refractivity contribution < 1.29 is 0 Å². The molecule has 2 rings (SSSR count). The van der Waals surface area contributed by atoms with Gasteiger partial charge in [0.15, 0.2) is 0 Å². The highest BCUT2D eigenvalue weighted by Crippen LogP contribution is 2.29. The molecule has 0 radical (unpaired) electrons. The molecule has 0 saturated carbocycles. The Labute approximate surface area is 123 Å². The van der Waals surface area contributed by atoms with Gasteiger partial charge in [-0.3, -0.25) is 0 Å². The fraction of sp³-hybridized carbons (Fsp3) is 0.400. The van der Waals surface area contributed by atoms with Crippen molar-refractivity contribution in [1.82, 2.24) is 0 Å². The fourth-order valence-corrected chi connectivity index (χ4v) is 2.79. The summed E-state index contributed by atoms with van der Waals surface area (Å²) in [4.78, 5) is 0. The predicted octanol–water partition coefficient (Wildman–Crippen LogP) is 6.24. The van der Waals surface area contributed by atoms with Crippen LogP contribution >= 0.6 is 0 Å². The molecule has 0 amide bonds. The van der Waals surface area contributed by atoms with Crippen LogP contribution in [0.25, 0.3) is 5.57 Å². The van der Waals surface area contributed by atoms with Gasteiger partial charge in [-0.2, -0.15) is 0 Å². The van der Waals surface area contributed by atoms with Gasteiger partial charge in [0.2, 0.25) is 0 Å². The molecular formula is C20H26. The maximum atomic E-state index is 2.31. The third-order valence-electron chi connectivity index (χ3n) is 4.00. The largest absolute Gasteiger partial charge is 0.0658 e. The van der Waals surface area contributed by atoms with Gasteiger partial charge in [0.05, 0.1) is 0 Å². The Hall–Kier alpha value is -1.56. The number of hydrogen-bond acceptors (Lipinski definition) is 0. The highest BCUT2D eigenvalue weighted by Gasteiger charge is 2.08. The molecule has 0 N–H and O–H groups in total. The van der Waals surface area contributed by atoms with Crippen LogP contribution in [0.15, 0.2) is 54.1 Å². The molecule has 1 aliphatic carbocycles.